The van der Waals surface area contributed by atoms with Crippen LogP contribution >= 0.6 is 11.3 Å². The van der Waals surface area contributed by atoms with Crippen molar-refractivity contribution in [3.63, 3.8) is 0 Å². The first-order valence-electron chi connectivity index (χ1n) is 5.01. The summed E-state index contributed by atoms with van der Waals surface area (Å²) in [7, 11) is 0. The van der Waals surface area contributed by atoms with E-state index in [9.17, 15) is 4.79 Å². The van der Waals surface area contributed by atoms with Crippen molar-refractivity contribution in [3.05, 3.63) is 22.4 Å². The number of hydrogen-bond acceptors (Lipinski definition) is 2. The first-order valence-corrected chi connectivity index (χ1v) is 5.95. The van der Waals surface area contributed by atoms with Crippen LogP contribution in [0.1, 0.15) is 24.8 Å². The molecule has 76 valence electrons. The molecule has 2 atom stereocenters. The van der Waals surface area contributed by atoms with Crippen molar-refractivity contribution in [3.8, 4) is 0 Å². The predicted octanol–water partition coefficient (Wildman–Crippen LogP) is 2.79. The molecule has 0 aliphatic heterocycles. The van der Waals surface area contributed by atoms with Gasteiger partial charge in [0.05, 0.1) is 5.92 Å². The van der Waals surface area contributed by atoms with Gasteiger partial charge in [-0.05, 0) is 47.6 Å². The third-order valence-electron chi connectivity index (χ3n) is 3.05. The molecule has 1 fully saturated rings. The van der Waals surface area contributed by atoms with Crippen molar-refractivity contribution in [1.82, 2.24) is 0 Å². The minimum absolute atomic E-state index is 0.102. The van der Waals surface area contributed by atoms with E-state index in [-0.39, 0.29) is 5.92 Å². The van der Waals surface area contributed by atoms with E-state index in [4.69, 9.17) is 5.11 Å². The van der Waals surface area contributed by atoms with E-state index in [0.717, 1.165) is 25.7 Å². The van der Waals surface area contributed by atoms with E-state index in [0.29, 0.717) is 5.92 Å². The molecule has 1 aromatic heterocycles. The van der Waals surface area contributed by atoms with Crippen molar-refractivity contribution in [2.45, 2.75) is 25.7 Å². The van der Waals surface area contributed by atoms with Crippen LogP contribution in [0.5, 0.6) is 0 Å². The number of rotatable bonds is 3. The number of carbonyl (C=O) groups is 1. The normalized spacial score (nSPS) is 26.6. The number of thiophene rings is 1. The summed E-state index contributed by atoms with van der Waals surface area (Å²) in [5.74, 6) is -0.347. The van der Waals surface area contributed by atoms with Crippen LogP contribution < -0.4 is 0 Å². The Balaban J connectivity index is 2.00. The predicted molar refractivity (Wildman–Crippen MR) is 56.5 cm³/mol. The first-order chi connectivity index (χ1) is 6.77. The van der Waals surface area contributed by atoms with Gasteiger partial charge >= 0.3 is 5.97 Å². The van der Waals surface area contributed by atoms with E-state index in [1.807, 2.05) is 0 Å². The molecule has 0 bridgehead atoms. The van der Waals surface area contributed by atoms with E-state index in [1.165, 1.54) is 5.56 Å². The van der Waals surface area contributed by atoms with Crippen molar-refractivity contribution in [2.75, 3.05) is 0 Å². The zero-order valence-electron chi connectivity index (χ0n) is 7.98. The lowest BCUT2D eigenvalue weighted by Crippen LogP contribution is -2.19. The molecule has 0 aromatic carbocycles. The van der Waals surface area contributed by atoms with Gasteiger partial charge in [0.1, 0.15) is 0 Å². The molecular weight excluding hydrogens is 196 g/mol. The maximum atomic E-state index is 10.9. The van der Waals surface area contributed by atoms with Crippen molar-refractivity contribution in [2.24, 2.45) is 11.8 Å². The van der Waals surface area contributed by atoms with Crippen LogP contribution in [-0.2, 0) is 11.2 Å². The molecule has 0 saturated heterocycles. The molecule has 14 heavy (non-hydrogen) atoms. The average molecular weight is 210 g/mol. The fourth-order valence-electron chi connectivity index (χ4n) is 2.32. The summed E-state index contributed by atoms with van der Waals surface area (Å²) in [5, 5.41) is 13.2. The van der Waals surface area contributed by atoms with Crippen LogP contribution in [0.25, 0.3) is 0 Å². The van der Waals surface area contributed by atoms with Gasteiger partial charge in [-0.3, -0.25) is 4.79 Å². The smallest absolute Gasteiger partial charge is 0.306 e. The zero-order valence-corrected chi connectivity index (χ0v) is 8.80. The second-order valence-electron chi connectivity index (χ2n) is 3.97. The summed E-state index contributed by atoms with van der Waals surface area (Å²) >= 11 is 1.69. The van der Waals surface area contributed by atoms with E-state index in [2.05, 4.69) is 16.8 Å². The summed E-state index contributed by atoms with van der Waals surface area (Å²) in [4.78, 5) is 10.9. The number of aliphatic carboxylic acids is 1. The average Bonchev–Trinajstić information content (AvgIpc) is 2.75. The molecule has 1 aromatic rings. The minimum Gasteiger partial charge on any atom is -0.481 e. The summed E-state index contributed by atoms with van der Waals surface area (Å²) < 4.78 is 0. The molecule has 0 radical (unpaired) electrons. The van der Waals surface area contributed by atoms with E-state index < -0.39 is 5.97 Å². The van der Waals surface area contributed by atoms with Crippen LogP contribution in [0.15, 0.2) is 16.8 Å². The lowest BCUT2D eigenvalue weighted by Gasteiger charge is -2.14. The molecule has 3 heteroatoms. The maximum Gasteiger partial charge on any atom is 0.306 e. The summed E-state index contributed by atoms with van der Waals surface area (Å²) in [6, 6.07) is 2.10. The summed E-state index contributed by atoms with van der Waals surface area (Å²) in [5.41, 5.74) is 1.30. The second-order valence-corrected chi connectivity index (χ2v) is 4.75. The Bertz CT molecular complexity index is 305. The van der Waals surface area contributed by atoms with Crippen molar-refractivity contribution in [1.29, 1.82) is 0 Å². The summed E-state index contributed by atoms with van der Waals surface area (Å²) in [6.45, 7) is 0. The highest BCUT2D eigenvalue weighted by atomic mass is 32.1. The molecule has 1 heterocycles. The van der Waals surface area contributed by atoms with Crippen molar-refractivity contribution < 1.29 is 9.90 Å². The SMILES string of the molecule is O=C(O)C1CCCC1Cc1ccsc1. The van der Waals surface area contributed by atoms with Gasteiger partial charge in [0.15, 0.2) is 0 Å². The Hall–Kier alpha value is -0.830. The highest BCUT2D eigenvalue weighted by Gasteiger charge is 2.32. The molecule has 1 aliphatic carbocycles. The fourth-order valence-corrected chi connectivity index (χ4v) is 3.00. The Labute approximate surface area is 87.6 Å². The number of carboxylic acid groups (broad SMARTS) is 1. The van der Waals surface area contributed by atoms with E-state index in [1.54, 1.807) is 11.3 Å². The molecule has 1 aliphatic rings. The minimum atomic E-state index is -0.609. The quantitative estimate of drug-likeness (QED) is 0.833. The number of carboxylic acids is 1. The molecule has 2 nitrogen and oxygen atoms in total. The highest BCUT2D eigenvalue weighted by molar-refractivity contribution is 7.07. The van der Waals surface area contributed by atoms with E-state index >= 15 is 0 Å². The molecular formula is C11H14O2S. The van der Waals surface area contributed by atoms with Gasteiger partial charge in [-0.2, -0.15) is 11.3 Å². The Morgan fingerprint density at radius 3 is 3.07 bits per heavy atom. The molecule has 2 unspecified atom stereocenters. The van der Waals surface area contributed by atoms with Crippen LogP contribution in [0.3, 0.4) is 0 Å². The van der Waals surface area contributed by atoms with Gasteiger partial charge < -0.3 is 5.11 Å². The topological polar surface area (TPSA) is 37.3 Å². The monoisotopic (exact) mass is 210 g/mol. The Morgan fingerprint density at radius 1 is 1.57 bits per heavy atom. The second kappa shape index (κ2) is 4.13. The fraction of sp³-hybridized carbons (Fsp3) is 0.545. The van der Waals surface area contributed by atoms with Crippen molar-refractivity contribution >= 4 is 17.3 Å². The van der Waals surface area contributed by atoms with Gasteiger partial charge in [-0.1, -0.05) is 6.42 Å². The molecule has 0 spiro atoms. The largest absolute Gasteiger partial charge is 0.481 e. The molecule has 2 rings (SSSR count). The van der Waals surface area contributed by atoms with Crippen LogP contribution in [0, 0.1) is 11.8 Å². The van der Waals surface area contributed by atoms with Crippen LogP contribution in [0.2, 0.25) is 0 Å². The van der Waals surface area contributed by atoms with Gasteiger partial charge in [-0.25, -0.2) is 0 Å². The Morgan fingerprint density at radius 2 is 2.43 bits per heavy atom. The van der Waals surface area contributed by atoms with Gasteiger partial charge in [-0.15, -0.1) is 0 Å². The van der Waals surface area contributed by atoms with Gasteiger partial charge in [0.25, 0.3) is 0 Å². The lowest BCUT2D eigenvalue weighted by atomic mass is 9.91. The Kier molecular flexibility index (Phi) is 2.87. The maximum absolute atomic E-state index is 10.9. The number of hydrogen-bond donors (Lipinski definition) is 1. The third-order valence-corrected chi connectivity index (χ3v) is 3.79. The van der Waals surface area contributed by atoms with Crippen LogP contribution in [-0.4, -0.2) is 11.1 Å². The first kappa shape index (κ1) is 9.71. The lowest BCUT2D eigenvalue weighted by molar-refractivity contribution is -0.142. The zero-order chi connectivity index (χ0) is 9.97. The van der Waals surface area contributed by atoms with Crippen LogP contribution in [0.4, 0.5) is 0 Å². The standard InChI is InChI=1S/C11H14O2S/c12-11(13)10-3-1-2-9(10)6-8-4-5-14-7-8/h4-5,7,9-10H,1-3,6H2,(H,12,13). The summed E-state index contributed by atoms with van der Waals surface area (Å²) in [6.07, 6.45) is 3.96. The third kappa shape index (κ3) is 1.98. The van der Waals surface area contributed by atoms with Gasteiger partial charge in [0, 0.05) is 0 Å². The van der Waals surface area contributed by atoms with Gasteiger partial charge in [0.2, 0.25) is 0 Å². The highest BCUT2D eigenvalue weighted by Crippen LogP contribution is 2.34. The molecule has 0 amide bonds. The molecule has 1 saturated carbocycles. The molecule has 1 N–H and O–H groups in total.